The third kappa shape index (κ3) is 2.32. The Morgan fingerprint density at radius 1 is 1.55 bits per heavy atom. The van der Waals surface area contributed by atoms with E-state index in [4.69, 9.17) is 0 Å². The summed E-state index contributed by atoms with van der Waals surface area (Å²) in [5.74, 6) is -0.124. The van der Waals surface area contributed by atoms with Crippen molar-refractivity contribution in [1.82, 2.24) is 0 Å². The van der Waals surface area contributed by atoms with Gasteiger partial charge in [-0.1, -0.05) is 15.9 Å². The summed E-state index contributed by atoms with van der Waals surface area (Å²) in [5, 5.41) is 0. The lowest BCUT2D eigenvalue weighted by atomic mass is 10.3. The molecule has 0 aliphatic heterocycles. The first-order chi connectivity index (χ1) is 5.15. The van der Waals surface area contributed by atoms with Crippen LogP contribution in [0.4, 0.5) is 4.39 Å². The van der Waals surface area contributed by atoms with Crippen LogP contribution in [-0.2, 0) is 0 Å². The van der Waals surface area contributed by atoms with E-state index in [9.17, 15) is 4.39 Å². The molecule has 0 atom stereocenters. The molecule has 0 aliphatic carbocycles. The van der Waals surface area contributed by atoms with E-state index in [-0.39, 0.29) is 5.82 Å². The van der Waals surface area contributed by atoms with E-state index in [0.717, 1.165) is 4.47 Å². The van der Waals surface area contributed by atoms with Gasteiger partial charge in [-0.15, -0.1) is 11.8 Å². The Balaban J connectivity index is 3.24. The summed E-state index contributed by atoms with van der Waals surface area (Å²) in [4.78, 5) is 0.684. The maximum Gasteiger partial charge on any atom is 0.150 e. The molecule has 0 unspecified atom stereocenters. The summed E-state index contributed by atoms with van der Waals surface area (Å²) >= 11 is 6.70. The summed E-state index contributed by atoms with van der Waals surface area (Å²) in [6.07, 6.45) is 1.86. The lowest BCUT2D eigenvalue weighted by Gasteiger charge is -2.01. The number of benzene rings is 1. The van der Waals surface area contributed by atoms with Crippen LogP contribution in [0.1, 0.15) is 0 Å². The molecule has 1 rings (SSSR count). The van der Waals surface area contributed by atoms with Crippen LogP contribution in [0.5, 0.6) is 0 Å². The predicted octanol–water partition coefficient (Wildman–Crippen LogP) is 3.91. The maximum atomic E-state index is 13.1. The van der Waals surface area contributed by atoms with Gasteiger partial charge in [0, 0.05) is 9.37 Å². The summed E-state index contributed by atoms with van der Waals surface area (Å²) in [7, 11) is 0. The molecule has 0 spiro atoms. The van der Waals surface area contributed by atoms with E-state index in [1.807, 2.05) is 28.8 Å². The molecule has 0 N–H and O–H groups in total. The second-order valence-corrected chi connectivity index (χ2v) is 4.83. The minimum Gasteiger partial charge on any atom is -0.205 e. The van der Waals surface area contributed by atoms with Gasteiger partial charge >= 0.3 is 0 Å². The van der Waals surface area contributed by atoms with Crippen molar-refractivity contribution in [1.29, 1.82) is 0 Å². The molecule has 0 aromatic heterocycles. The Kier molecular flexibility index (Phi) is 3.64. The van der Waals surface area contributed by atoms with Crippen LogP contribution in [0.15, 0.2) is 21.5 Å². The Hall–Kier alpha value is 0.710. The zero-order chi connectivity index (χ0) is 8.43. The largest absolute Gasteiger partial charge is 0.205 e. The number of hydrogen-bond acceptors (Lipinski definition) is 1. The van der Waals surface area contributed by atoms with Crippen LogP contribution in [0, 0.1) is 9.39 Å². The van der Waals surface area contributed by atoms with Crippen molar-refractivity contribution in [2.75, 3.05) is 6.26 Å². The van der Waals surface area contributed by atoms with Gasteiger partial charge in [-0.05, 0) is 41.0 Å². The highest BCUT2D eigenvalue weighted by Crippen LogP contribution is 2.27. The molecule has 0 amide bonds. The lowest BCUT2D eigenvalue weighted by molar-refractivity contribution is 0.594. The van der Waals surface area contributed by atoms with Gasteiger partial charge in [-0.25, -0.2) is 4.39 Å². The first-order valence-electron chi connectivity index (χ1n) is 2.83. The van der Waals surface area contributed by atoms with Crippen molar-refractivity contribution in [3.8, 4) is 0 Å². The molecule has 0 heterocycles. The summed E-state index contributed by atoms with van der Waals surface area (Å²) < 4.78 is 14.7. The van der Waals surface area contributed by atoms with Gasteiger partial charge in [0.15, 0.2) is 0 Å². The summed E-state index contributed by atoms with van der Waals surface area (Å²) in [6, 6.07) is 3.54. The quantitative estimate of drug-likeness (QED) is 0.422. The minimum absolute atomic E-state index is 0.124. The zero-order valence-electron chi connectivity index (χ0n) is 5.70. The van der Waals surface area contributed by atoms with Crippen molar-refractivity contribution < 1.29 is 4.39 Å². The van der Waals surface area contributed by atoms with E-state index < -0.39 is 0 Å². The summed E-state index contributed by atoms with van der Waals surface area (Å²) in [6.45, 7) is 0. The smallest absolute Gasteiger partial charge is 0.150 e. The fourth-order valence-corrected chi connectivity index (χ4v) is 3.06. The van der Waals surface area contributed by atoms with Gasteiger partial charge < -0.3 is 0 Å². The molecule has 0 fully saturated rings. The van der Waals surface area contributed by atoms with Crippen LogP contribution in [0.3, 0.4) is 0 Å². The van der Waals surface area contributed by atoms with E-state index in [2.05, 4.69) is 15.9 Å². The molecule has 0 nitrogen and oxygen atoms in total. The Labute approximate surface area is 91.2 Å². The minimum atomic E-state index is -0.124. The van der Waals surface area contributed by atoms with Crippen molar-refractivity contribution in [2.45, 2.75) is 4.90 Å². The first kappa shape index (κ1) is 9.80. The molecule has 1 aromatic rings. The average molecular weight is 347 g/mol. The standard InChI is InChI=1S/C7H5BrFIS/c1-11-6-3-4(8)2-5(10)7(6)9/h2-3H,1H3. The highest BCUT2D eigenvalue weighted by Gasteiger charge is 2.05. The predicted molar refractivity (Wildman–Crippen MR) is 58.6 cm³/mol. The second-order valence-electron chi connectivity index (χ2n) is 1.90. The molecule has 0 radical (unpaired) electrons. The third-order valence-corrected chi connectivity index (χ3v) is 3.16. The average Bonchev–Trinajstić information content (AvgIpc) is 1.96. The van der Waals surface area contributed by atoms with E-state index in [0.29, 0.717) is 8.47 Å². The van der Waals surface area contributed by atoms with Gasteiger partial charge in [-0.2, -0.15) is 0 Å². The third-order valence-electron chi connectivity index (χ3n) is 1.18. The monoisotopic (exact) mass is 346 g/mol. The maximum absolute atomic E-state index is 13.1. The normalized spacial score (nSPS) is 10.2. The summed E-state index contributed by atoms with van der Waals surface area (Å²) in [5.41, 5.74) is 0. The SMILES string of the molecule is CSc1cc(Br)cc(I)c1F. The highest BCUT2D eigenvalue weighted by molar-refractivity contribution is 14.1. The lowest BCUT2D eigenvalue weighted by Crippen LogP contribution is -1.85. The first-order valence-corrected chi connectivity index (χ1v) is 5.93. The molecule has 0 aliphatic rings. The van der Waals surface area contributed by atoms with Gasteiger partial charge in [0.1, 0.15) is 5.82 Å². The van der Waals surface area contributed by atoms with Crippen LogP contribution >= 0.6 is 50.3 Å². The molecule has 1 aromatic carbocycles. The molecule has 0 bridgehead atoms. The topological polar surface area (TPSA) is 0 Å². The number of rotatable bonds is 1. The Bertz CT molecular complexity index is 277. The molecule has 0 saturated carbocycles. The fourth-order valence-electron chi connectivity index (χ4n) is 0.681. The van der Waals surface area contributed by atoms with Crippen molar-refractivity contribution in [3.63, 3.8) is 0 Å². The van der Waals surface area contributed by atoms with Crippen molar-refractivity contribution >= 4 is 50.3 Å². The Morgan fingerprint density at radius 3 is 2.73 bits per heavy atom. The van der Waals surface area contributed by atoms with Crippen LogP contribution in [0.2, 0.25) is 0 Å². The van der Waals surface area contributed by atoms with Crippen LogP contribution in [-0.4, -0.2) is 6.26 Å². The fraction of sp³-hybridized carbons (Fsp3) is 0.143. The Morgan fingerprint density at radius 2 is 2.18 bits per heavy atom. The van der Waals surface area contributed by atoms with E-state index >= 15 is 0 Å². The van der Waals surface area contributed by atoms with Gasteiger partial charge in [0.2, 0.25) is 0 Å². The highest BCUT2D eigenvalue weighted by atomic mass is 127. The number of halogens is 3. The van der Waals surface area contributed by atoms with Gasteiger partial charge in [0.05, 0.1) is 3.57 Å². The molecular formula is C7H5BrFIS. The number of hydrogen-bond donors (Lipinski definition) is 0. The number of thioether (sulfide) groups is 1. The van der Waals surface area contributed by atoms with E-state index in [1.165, 1.54) is 11.8 Å². The van der Waals surface area contributed by atoms with Gasteiger partial charge in [0.25, 0.3) is 0 Å². The van der Waals surface area contributed by atoms with E-state index in [1.54, 1.807) is 12.1 Å². The van der Waals surface area contributed by atoms with Gasteiger partial charge in [-0.3, -0.25) is 0 Å². The zero-order valence-corrected chi connectivity index (χ0v) is 10.3. The molecule has 4 heteroatoms. The molecular weight excluding hydrogens is 342 g/mol. The second kappa shape index (κ2) is 4.09. The van der Waals surface area contributed by atoms with Crippen LogP contribution < -0.4 is 0 Å². The van der Waals surface area contributed by atoms with Crippen molar-refractivity contribution in [2.24, 2.45) is 0 Å². The van der Waals surface area contributed by atoms with Crippen LogP contribution in [0.25, 0.3) is 0 Å². The molecule has 0 saturated heterocycles. The molecule has 11 heavy (non-hydrogen) atoms. The van der Waals surface area contributed by atoms with Crippen molar-refractivity contribution in [3.05, 3.63) is 26.0 Å². The molecule has 60 valence electrons.